The molecule has 3 aromatic rings. The zero-order valence-electron chi connectivity index (χ0n) is 11.7. The van der Waals surface area contributed by atoms with Crippen LogP contribution in [0.25, 0.3) is 16.7 Å². The fourth-order valence-electron chi connectivity index (χ4n) is 2.13. The van der Waals surface area contributed by atoms with Gasteiger partial charge in [-0.2, -0.15) is 5.10 Å². The molecule has 0 saturated carbocycles. The molecule has 0 amide bonds. The second kappa shape index (κ2) is 6.10. The van der Waals surface area contributed by atoms with Crippen molar-refractivity contribution in [2.24, 2.45) is 0 Å². The number of benzene rings is 1. The van der Waals surface area contributed by atoms with E-state index < -0.39 is 0 Å². The molecule has 0 spiro atoms. The van der Waals surface area contributed by atoms with Gasteiger partial charge in [-0.25, -0.2) is 14.6 Å². The lowest BCUT2D eigenvalue weighted by Gasteiger charge is -2.07. The first-order valence-electron chi connectivity index (χ1n) is 6.88. The standard InChI is InChI=1S/C15H16ClN5/c1-11(16)7-8-17-14-13-9-20-21(15(13)19-10-18-14)12-5-3-2-4-6-12/h2-6,9-11H,7-8H2,1H3,(H,17,18,19). The van der Waals surface area contributed by atoms with Gasteiger partial charge in [0.1, 0.15) is 12.1 Å². The van der Waals surface area contributed by atoms with Crippen LogP contribution in [0.4, 0.5) is 5.82 Å². The smallest absolute Gasteiger partial charge is 0.168 e. The fourth-order valence-corrected chi connectivity index (χ4v) is 2.24. The van der Waals surface area contributed by atoms with E-state index in [1.54, 1.807) is 12.5 Å². The Hall–Kier alpha value is -2.14. The van der Waals surface area contributed by atoms with E-state index >= 15 is 0 Å². The predicted molar refractivity (Wildman–Crippen MR) is 85.1 cm³/mol. The summed E-state index contributed by atoms with van der Waals surface area (Å²) in [6, 6.07) is 9.92. The van der Waals surface area contributed by atoms with Crippen molar-refractivity contribution in [3.8, 4) is 5.69 Å². The summed E-state index contributed by atoms with van der Waals surface area (Å²) >= 11 is 5.96. The molecule has 108 valence electrons. The van der Waals surface area contributed by atoms with Crippen LogP contribution < -0.4 is 5.32 Å². The van der Waals surface area contributed by atoms with E-state index in [0.717, 1.165) is 35.5 Å². The lowest BCUT2D eigenvalue weighted by Crippen LogP contribution is -2.08. The Balaban J connectivity index is 1.93. The van der Waals surface area contributed by atoms with Crippen LogP contribution in [-0.4, -0.2) is 31.7 Å². The van der Waals surface area contributed by atoms with Crippen LogP contribution >= 0.6 is 11.6 Å². The van der Waals surface area contributed by atoms with E-state index in [9.17, 15) is 0 Å². The second-order valence-corrected chi connectivity index (χ2v) is 5.59. The van der Waals surface area contributed by atoms with Gasteiger partial charge in [0, 0.05) is 11.9 Å². The van der Waals surface area contributed by atoms with Gasteiger partial charge in [-0.15, -0.1) is 11.6 Å². The van der Waals surface area contributed by atoms with Gasteiger partial charge >= 0.3 is 0 Å². The predicted octanol–water partition coefficient (Wildman–Crippen LogP) is 3.24. The van der Waals surface area contributed by atoms with Crippen LogP contribution in [0.3, 0.4) is 0 Å². The van der Waals surface area contributed by atoms with Crippen molar-refractivity contribution >= 4 is 28.5 Å². The summed E-state index contributed by atoms with van der Waals surface area (Å²) in [5.41, 5.74) is 1.77. The van der Waals surface area contributed by atoms with Crippen molar-refractivity contribution in [3.05, 3.63) is 42.9 Å². The third-order valence-corrected chi connectivity index (χ3v) is 3.42. The molecule has 6 heteroatoms. The number of rotatable bonds is 5. The van der Waals surface area contributed by atoms with Gasteiger partial charge in [0.15, 0.2) is 5.65 Å². The third kappa shape index (κ3) is 2.97. The van der Waals surface area contributed by atoms with Crippen molar-refractivity contribution in [2.75, 3.05) is 11.9 Å². The number of nitrogens with one attached hydrogen (secondary N) is 1. The quantitative estimate of drug-likeness (QED) is 0.735. The summed E-state index contributed by atoms with van der Waals surface area (Å²) in [4.78, 5) is 8.64. The molecule has 0 saturated heterocycles. The molecule has 1 aromatic carbocycles. The molecule has 2 aromatic heterocycles. The Bertz CT molecular complexity index is 723. The lowest BCUT2D eigenvalue weighted by molar-refractivity contribution is 0.839. The molecule has 3 rings (SSSR count). The highest BCUT2D eigenvalue weighted by atomic mass is 35.5. The van der Waals surface area contributed by atoms with Crippen LogP contribution in [0.2, 0.25) is 0 Å². The minimum atomic E-state index is 0.141. The van der Waals surface area contributed by atoms with Gasteiger partial charge in [-0.1, -0.05) is 18.2 Å². The molecule has 21 heavy (non-hydrogen) atoms. The number of aromatic nitrogens is 4. The molecule has 1 unspecified atom stereocenters. The van der Waals surface area contributed by atoms with Gasteiger partial charge in [0.25, 0.3) is 0 Å². The minimum Gasteiger partial charge on any atom is -0.369 e. The van der Waals surface area contributed by atoms with Crippen molar-refractivity contribution in [2.45, 2.75) is 18.7 Å². The number of fused-ring (bicyclic) bond motifs is 1. The maximum Gasteiger partial charge on any atom is 0.168 e. The van der Waals surface area contributed by atoms with E-state index in [2.05, 4.69) is 20.4 Å². The summed E-state index contributed by atoms with van der Waals surface area (Å²) in [6.07, 6.45) is 4.21. The Labute approximate surface area is 128 Å². The van der Waals surface area contributed by atoms with E-state index in [0.29, 0.717) is 0 Å². The van der Waals surface area contributed by atoms with E-state index in [1.807, 2.05) is 41.9 Å². The maximum atomic E-state index is 5.96. The molecule has 0 aliphatic heterocycles. The highest BCUT2D eigenvalue weighted by Gasteiger charge is 2.10. The summed E-state index contributed by atoms with van der Waals surface area (Å²) in [6.45, 7) is 2.75. The van der Waals surface area contributed by atoms with Crippen LogP contribution in [0.5, 0.6) is 0 Å². The first-order chi connectivity index (χ1) is 10.3. The van der Waals surface area contributed by atoms with Gasteiger partial charge in [-0.3, -0.25) is 0 Å². The summed E-state index contributed by atoms with van der Waals surface area (Å²) in [5.74, 6) is 0.791. The minimum absolute atomic E-state index is 0.141. The molecule has 0 aliphatic carbocycles. The number of hydrogen-bond acceptors (Lipinski definition) is 4. The number of alkyl halides is 1. The topological polar surface area (TPSA) is 55.6 Å². The second-order valence-electron chi connectivity index (χ2n) is 4.85. The Morgan fingerprint density at radius 1 is 1.24 bits per heavy atom. The van der Waals surface area contributed by atoms with Crippen LogP contribution in [0, 0.1) is 0 Å². The molecule has 2 heterocycles. The highest BCUT2D eigenvalue weighted by Crippen LogP contribution is 2.21. The zero-order chi connectivity index (χ0) is 14.7. The Kier molecular flexibility index (Phi) is 4.01. The molecule has 1 N–H and O–H groups in total. The number of hydrogen-bond donors (Lipinski definition) is 1. The van der Waals surface area contributed by atoms with Crippen LogP contribution in [0.15, 0.2) is 42.9 Å². The fraction of sp³-hybridized carbons (Fsp3) is 0.267. The largest absolute Gasteiger partial charge is 0.369 e. The first-order valence-corrected chi connectivity index (χ1v) is 7.31. The normalized spacial score (nSPS) is 12.5. The van der Waals surface area contributed by atoms with Gasteiger partial charge < -0.3 is 5.32 Å². The van der Waals surface area contributed by atoms with E-state index in [4.69, 9.17) is 11.6 Å². The molecular formula is C15H16ClN5. The summed E-state index contributed by atoms with van der Waals surface area (Å²) < 4.78 is 1.81. The molecular weight excluding hydrogens is 286 g/mol. The first kappa shape index (κ1) is 13.8. The number of nitrogens with zero attached hydrogens (tertiary/aromatic N) is 4. The molecule has 0 bridgehead atoms. The molecule has 0 fully saturated rings. The van der Waals surface area contributed by atoms with Crippen molar-refractivity contribution in [1.29, 1.82) is 0 Å². The van der Waals surface area contributed by atoms with Gasteiger partial charge in [-0.05, 0) is 25.5 Å². The van der Waals surface area contributed by atoms with Crippen LogP contribution in [0.1, 0.15) is 13.3 Å². The maximum absolute atomic E-state index is 5.96. The zero-order valence-corrected chi connectivity index (χ0v) is 12.5. The van der Waals surface area contributed by atoms with Gasteiger partial charge in [0.2, 0.25) is 0 Å². The van der Waals surface area contributed by atoms with Gasteiger partial charge in [0.05, 0.1) is 17.3 Å². The molecule has 1 atom stereocenters. The highest BCUT2D eigenvalue weighted by molar-refractivity contribution is 6.20. The number of halogens is 1. The van der Waals surface area contributed by atoms with Crippen molar-refractivity contribution in [3.63, 3.8) is 0 Å². The lowest BCUT2D eigenvalue weighted by atomic mass is 10.3. The third-order valence-electron chi connectivity index (χ3n) is 3.20. The van der Waals surface area contributed by atoms with E-state index in [1.165, 1.54) is 0 Å². The Morgan fingerprint density at radius 3 is 2.81 bits per heavy atom. The monoisotopic (exact) mass is 301 g/mol. The van der Waals surface area contributed by atoms with Crippen molar-refractivity contribution < 1.29 is 0 Å². The summed E-state index contributed by atoms with van der Waals surface area (Å²) in [7, 11) is 0. The van der Waals surface area contributed by atoms with Crippen molar-refractivity contribution in [1.82, 2.24) is 19.7 Å². The molecule has 0 aliphatic rings. The average Bonchev–Trinajstić information content (AvgIpc) is 2.92. The molecule has 0 radical (unpaired) electrons. The van der Waals surface area contributed by atoms with E-state index in [-0.39, 0.29) is 5.38 Å². The van der Waals surface area contributed by atoms with Crippen LogP contribution in [-0.2, 0) is 0 Å². The summed E-state index contributed by atoms with van der Waals surface area (Å²) in [5, 5.41) is 8.76. The number of anilines is 1. The average molecular weight is 302 g/mol. The number of para-hydroxylation sites is 1. The molecule has 5 nitrogen and oxygen atoms in total. The Morgan fingerprint density at radius 2 is 2.05 bits per heavy atom. The SMILES string of the molecule is CC(Cl)CCNc1ncnc2c1cnn2-c1ccccc1.